The van der Waals surface area contributed by atoms with Gasteiger partial charge in [-0.1, -0.05) is 12.1 Å². The molecule has 6 nitrogen and oxygen atoms in total. The Morgan fingerprint density at radius 1 is 0.862 bits per heavy atom. The molecule has 1 aliphatic heterocycles. The molecule has 0 saturated heterocycles. The zero-order valence-electron chi connectivity index (χ0n) is 16.2. The van der Waals surface area contributed by atoms with Crippen molar-refractivity contribution in [1.82, 2.24) is 0 Å². The lowest BCUT2D eigenvalue weighted by Crippen LogP contribution is -2.20. The fraction of sp³-hybridized carbons (Fsp3) is 0.348. The van der Waals surface area contributed by atoms with E-state index in [0.717, 1.165) is 30.5 Å². The number of aryl methyl sites for hydroxylation is 3. The topological polar surface area (TPSA) is 81.7 Å². The fourth-order valence-electron chi connectivity index (χ4n) is 3.77. The maximum absolute atomic E-state index is 12.3. The summed E-state index contributed by atoms with van der Waals surface area (Å²) in [5.74, 6) is -0.283. The number of ketones is 1. The van der Waals surface area contributed by atoms with E-state index in [9.17, 15) is 14.4 Å². The van der Waals surface area contributed by atoms with Crippen molar-refractivity contribution in [3.63, 3.8) is 0 Å². The molecule has 0 saturated carbocycles. The molecule has 0 fully saturated rings. The van der Waals surface area contributed by atoms with Crippen molar-refractivity contribution < 1.29 is 23.9 Å². The SMILES string of the molecule is O=C1CCc2cc(OCC(=O)OCC(=O)c3ccc4c(c3)CCCC4)ccc2N1. The third kappa shape index (κ3) is 4.65. The number of ether oxygens (including phenoxy) is 2. The normalized spacial score (nSPS) is 15.0. The number of rotatable bonds is 6. The maximum Gasteiger partial charge on any atom is 0.344 e. The van der Waals surface area contributed by atoms with E-state index < -0.39 is 5.97 Å². The van der Waals surface area contributed by atoms with Gasteiger partial charge in [-0.05, 0) is 73.1 Å². The van der Waals surface area contributed by atoms with Gasteiger partial charge in [-0.15, -0.1) is 0 Å². The fourth-order valence-corrected chi connectivity index (χ4v) is 3.77. The van der Waals surface area contributed by atoms with Crippen molar-refractivity contribution in [1.29, 1.82) is 0 Å². The number of amides is 1. The van der Waals surface area contributed by atoms with Crippen LogP contribution in [0.5, 0.6) is 5.75 Å². The van der Waals surface area contributed by atoms with Gasteiger partial charge in [0.2, 0.25) is 5.91 Å². The summed E-state index contributed by atoms with van der Waals surface area (Å²) in [6, 6.07) is 11.0. The Morgan fingerprint density at radius 3 is 2.55 bits per heavy atom. The van der Waals surface area contributed by atoms with Crippen molar-refractivity contribution in [2.45, 2.75) is 38.5 Å². The Morgan fingerprint density at radius 2 is 1.69 bits per heavy atom. The molecule has 0 atom stereocenters. The van der Waals surface area contributed by atoms with Crippen LogP contribution in [-0.2, 0) is 33.6 Å². The second-order valence-electron chi connectivity index (χ2n) is 7.43. The lowest BCUT2D eigenvalue weighted by Gasteiger charge is -2.17. The van der Waals surface area contributed by atoms with Crippen molar-refractivity contribution in [2.75, 3.05) is 18.5 Å². The molecule has 150 valence electrons. The van der Waals surface area contributed by atoms with Gasteiger partial charge in [0, 0.05) is 17.7 Å². The molecule has 29 heavy (non-hydrogen) atoms. The lowest BCUT2D eigenvalue weighted by atomic mass is 9.90. The Labute approximate surface area is 169 Å². The number of Topliss-reactive ketones (excluding diaryl/α,β-unsaturated/α-hetero) is 1. The van der Waals surface area contributed by atoms with Crippen LogP contribution in [0.2, 0.25) is 0 Å². The van der Waals surface area contributed by atoms with E-state index in [0.29, 0.717) is 24.2 Å². The molecular weight excluding hydrogens is 370 g/mol. The number of carbonyl (C=O) groups is 3. The third-order valence-corrected chi connectivity index (χ3v) is 5.36. The average Bonchev–Trinajstić information content (AvgIpc) is 2.75. The van der Waals surface area contributed by atoms with E-state index in [1.165, 1.54) is 17.5 Å². The van der Waals surface area contributed by atoms with Gasteiger partial charge in [0.25, 0.3) is 0 Å². The van der Waals surface area contributed by atoms with Crippen LogP contribution in [0, 0.1) is 0 Å². The van der Waals surface area contributed by atoms with Gasteiger partial charge in [-0.2, -0.15) is 0 Å². The maximum atomic E-state index is 12.3. The summed E-state index contributed by atoms with van der Waals surface area (Å²) in [6.07, 6.45) is 5.46. The van der Waals surface area contributed by atoms with Crippen LogP contribution in [0.3, 0.4) is 0 Å². The van der Waals surface area contributed by atoms with Gasteiger partial charge < -0.3 is 14.8 Å². The molecule has 0 unspecified atom stereocenters. The standard InChI is InChI=1S/C23H23NO5/c25-21(18-6-5-15-3-1-2-4-16(15)11-18)13-29-23(27)14-28-19-8-9-20-17(12-19)7-10-22(26)24-20/h5-6,8-9,11-12H,1-4,7,10,13-14H2,(H,24,26). The van der Waals surface area contributed by atoms with Crippen LogP contribution in [0.25, 0.3) is 0 Å². The van der Waals surface area contributed by atoms with Gasteiger partial charge in [0.15, 0.2) is 19.0 Å². The summed E-state index contributed by atoms with van der Waals surface area (Å²) >= 11 is 0. The van der Waals surface area contributed by atoms with E-state index in [4.69, 9.17) is 9.47 Å². The molecule has 2 aromatic rings. The summed E-state index contributed by atoms with van der Waals surface area (Å²) in [6.45, 7) is -0.570. The minimum atomic E-state index is -0.595. The highest BCUT2D eigenvalue weighted by molar-refractivity contribution is 5.98. The minimum Gasteiger partial charge on any atom is -0.482 e. The van der Waals surface area contributed by atoms with E-state index in [1.54, 1.807) is 18.2 Å². The summed E-state index contributed by atoms with van der Waals surface area (Å²) in [5, 5.41) is 2.80. The van der Waals surface area contributed by atoms with Crippen molar-refractivity contribution in [2.24, 2.45) is 0 Å². The molecule has 6 heteroatoms. The van der Waals surface area contributed by atoms with Crippen molar-refractivity contribution in [3.8, 4) is 5.75 Å². The number of carbonyl (C=O) groups excluding carboxylic acids is 3. The highest BCUT2D eigenvalue weighted by Gasteiger charge is 2.17. The number of hydrogen-bond donors (Lipinski definition) is 1. The van der Waals surface area contributed by atoms with Crippen LogP contribution >= 0.6 is 0 Å². The zero-order valence-corrected chi connectivity index (χ0v) is 16.2. The highest BCUT2D eigenvalue weighted by atomic mass is 16.6. The van der Waals surface area contributed by atoms with Crippen LogP contribution < -0.4 is 10.1 Å². The molecule has 1 heterocycles. The second-order valence-corrected chi connectivity index (χ2v) is 7.43. The first-order chi connectivity index (χ1) is 14.1. The number of esters is 1. The second kappa shape index (κ2) is 8.47. The van der Waals surface area contributed by atoms with Crippen molar-refractivity contribution >= 4 is 23.3 Å². The minimum absolute atomic E-state index is 0.00154. The van der Waals surface area contributed by atoms with E-state index in [1.807, 2.05) is 18.2 Å². The number of anilines is 1. The molecule has 1 amide bonds. The smallest absolute Gasteiger partial charge is 0.344 e. The van der Waals surface area contributed by atoms with Gasteiger partial charge in [-0.25, -0.2) is 4.79 Å². The van der Waals surface area contributed by atoms with Gasteiger partial charge in [0.05, 0.1) is 0 Å². The Balaban J connectivity index is 1.27. The van der Waals surface area contributed by atoms with Crippen LogP contribution in [-0.4, -0.2) is 30.9 Å². The predicted molar refractivity (Wildman–Crippen MR) is 107 cm³/mol. The molecule has 0 aromatic heterocycles. The molecule has 0 spiro atoms. The van der Waals surface area contributed by atoms with Gasteiger partial charge >= 0.3 is 5.97 Å². The first-order valence-corrected chi connectivity index (χ1v) is 9.95. The van der Waals surface area contributed by atoms with Gasteiger partial charge in [-0.3, -0.25) is 9.59 Å². The van der Waals surface area contributed by atoms with Crippen molar-refractivity contribution in [3.05, 3.63) is 58.7 Å². The number of hydrogen-bond acceptors (Lipinski definition) is 5. The molecule has 0 radical (unpaired) electrons. The summed E-state index contributed by atoms with van der Waals surface area (Å²) in [7, 11) is 0. The number of benzene rings is 2. The highest BCUT2D eigenvalue weighted by Crippen LogP contribution is 2.27. The van der Waals surface area contributed by atoms with E-state index in [2.05, 4.69) is 5.32 Å². The molecule has 1 aliphatic carbocycles. The first-order valence-electron chi connectivity index (χ1n) is 9.95. The quantitative estimate of drug-likeness (QED) is 0.602. The van der Waals surface area contributed by atoms with Crippen LogP contribution in [0.1, 0.15) is 46.3 Å². The molecule has 2 aliphatic rings. The largest absolute Gasteiger partial charge is 0.482 e. The predicted octanol–water partition coefficient (Wildman–Crippen LogP) is 3.26. The first kappa shape index (κ1) is 19.2. The molecule has 0 bridgehead atoms. The summed E-state index contributed by atoms with van der Waals surface area (Å²) < 4.78 is 10.6. The molecule has 1 N–H and O–H groups in total. The summed E-state index contributed by atoms with van der Waals surface area (Å²) in [5.41, 5.74) is 4.85. The van der Waals surface area contributed by atoms with E-state index in [-0.39, 0.29) is 24.9 Å². The number of nitrogens with one attached hydrogen (secondary N) is 1. The Kier molecular flexibility index (Phi) is 5.60. The molecule has 2 aromatic carbocycles. The molecular formula is C23H23NO5. The monoisotopic (exact) mass is 393 g/mol. The third-order valence-electron chi connectivity index (χ3n) is 5.36. The van der Waals surface area contributed by atoms with Gasteiger partial charge in [0.1, 0.15) is 5.75 Å². The lowest BCUT2D eigenvalue weighted by molar-refractivity contribution is -0.144. The zero-order chi connectivity index (χ0) is 20.2. The average molecular weight is 393 g/mol. The number of fused-ring (bicyclic) bond motifs is 2. The summed E-state index contributed by atoms with van der Waals surface area (Å²) in [4.78, 5) is 35.7. The Bertz CT molecular complexity index is 966. The Hall–Kier alpha value is -3.15. The van der Waals surface area contributed by atoms with E-state index >= 15 is 0 Å². The molecule has 4 rings (SSSR count). The van der Waals surface area contributed by atoms with Crippen LogP contribution in [0.15, 0.2) is 36.4 Å². The van der Waals surface area contributed by atoms with Crippen LogP contribution in [0.4, 0.5) is 5.69 Å².